The molecule has 0 bridgehead atoms. The number of hydrogen-bond donors (Lipinski definition) is 1. The number of nitro groups is 1. The van der Waals surface area contributed by atoms with Crippen molar-refractivity contribution in [2.45, 2.75) is 33.7 Å². The Kier molecular flexibility index (Phi) is 5.92. The van der Waals surface area contributed by atoms with Crippen LogP contribution < -0.4 is 10.1 Å². The predicted octanol–water partition coefficient (Wildman–Crippen LogP) is 4.54. The van der Waals surface area contributed by atoms with Crippen molar-refractivity contribution in [3.8, 4) is 11.5 Å². The number of amides is 1. The number of aromatic nitrogens is 2. The summed E-state index contributed by atoms with van der Waals surface area (Å²) in [6.45, 7) is 6.22. The van der Waals surface area contributed by atoms with Gasteiger partial charge in [0.2, 0.25) is 5.91 Å². The van der Waals surface area contributed by atoms with Crippen LogP contribution in [0.4, 0.5) is 11.4 Å². The number of hydrogen-bond acceptors (Lipinski definition) is 5. The van der Waals surface area contributed by atoms with Crippen LogP contribution in [0.1, 0.15) is 23.2 Å². The molecule has 0 aliphatic rings. The second kappa shape index (κ2) is 8.55. The summed E-state index contributed by atoms with van der Waals surface area (Å²) < 4.78 is 7.54. The normalized spacial score (nSPS) is 10.6. The molecule has 0 aliphatic heterocycles. The molecule has 150 valence electrons. The summed E-state index contributed by atoms with van der Waals surface area (Å²) >= 11 is 0. The SMILES string of the molecule is Cc1cc(C)cc(Oc2cc(NC(=O)CCn3nccc3C)cc([N+](=O)[O-])c2)c1. The first kappa shape index (κ1) is 20.1. The summed E-state index contributed by atoms with van der Waals surface area (Å²) in [7, 11) is 0. The number of anilines is 1. The number of carbonyl (C=O) groups is 1. The van der Waals surface area contributed by atoms with Crippen molar-refractivity contribution in [2.75, 3.05) is 5.32 Å². The molecule has 8 heteroatoms. The Hall–Kier alpha value is -3.68. The summed E-state index contributed by atoms with van der Waals surface area (Å²) in [6, 6.07) is 11.8. The van der Waals surface area contributed by atoms with Crippen molar-refractivity contribution in [3.05, 3.63) is 75.6 Å². The highest BCUT2D eigenvalue weighted by molar-refractivity contribution is 5.91. The summed E-state index contributed by atoms with van der Waals surface area (Å²) in [6.07, 6.45) is 1.86. The van der Waals surface area contributed by atoms with Gasteiger partial charge in [0.05, 0.1) is 16.7 Å². The van der Waals surface area contributed by atoms with E-state index >= 15 is 0 Å². The van der Waals surface area contributed by atoms with Gasteiger partial charge < -0.3 is 10.1 Å². The Morgan fingerprint density at radius 2 is 1.79 bits per heavy atom. The highest BCUT2D eigenvalue weighted by Crippen LogP contribution is 2.30. The maximum atomic E-state index is 12.3. The van der Waals surface area contributed by atoms with E-state index in [1.807, 2.05) is 45.0 Å². The molecule has 0 saturated carbocycles. The van der Waals surface area contributed by atoms with Gasteiger partial charge in [-0.1, -0.05) is 6.07 Å². The van der Waals surface area contributed by atoms with Gasteiger partial charge in [0.25, 0.3) is 5.69 Å². The molecule has 1 amide bonds. The highest BCUT2D eigenvalue weighted by Gasteiger charge is 2.14. The molecule has 8 nitrogen and oxygen atoms in total. The average Bonchev–Trinajstić information content (AvgIpc) is 3.03. The van der Waals surface area contributed by atoms with E-state index in [-0.39, 0.29) is 23.8 Å². The van der Waals surface area contributed by atoms with Gasteiger partial charge >= 0.3 is 0 Å². The van der Waals surface area contributed by atoms with Crippen LogP contribution >= 0.6 is 0 Å². The number of nitrogens with one attached hydrogen (secondary N) is 1. The van der Waals surface area contributed by atoms with Crippen molar-refractivity contribution >= 4 is 17.3 Å². The Morgan fingerprint density at radius 3 is 2.41 bits per heavy atom. The number of aryl methyl sites for hydroxylation is 4. The van der Waals surface area contributed by atoms with E-state index in [9.17, 15) is 14.9 Å². The minimum atomic E-state index is -0.517. The molecule has 3 aromatic rings. The van der Waals surface area contributed by atoms with Crippen LogP contribution in [-0.2, 0) is 11.3 Å². The monoisotopic (exact) mass is 394 g/mol. The van der Waals surface area contributed by atoms with Gasteiger partial charge in [-0.3, -0.25) is 19.6 Å². The fourth-order valence-corrected chi connectivity index (χ4v) is 3.01. The molecular weight excluding hydrogens is 372 g/mol. The van der Waals surface area contributed by atoms with Crippen LogP contribution in [0.15, 0.2) is 48.7 Å². The third kappa shape index (κ3) is 5.41. The van der Waals surface area contributed by atoms with E-state index in [0.717, 1.165) is 16.8 Å². The van der Waals surface area contributed by atoms with Crippen molar-refractivity contribution in [3.63, 3.8) is 0 Å². The molecular formula is C21H22N4O4. The molecule has 1 heterocycles. The van der Waals surface area contributed by atoms with E-state index in [1.165, 1.54) is 12.1 Å². The van der Waals surface area contributed by atoms with Gasteiger partial charge in [0.1, 0.15) is 11.5 Å². The fraction of sp³-hybridized carbons (Fsp3) is 0.238. The second-order valence-corrected chi connectivity index (χ2v) is 6.89. The van der Waals surface area contributed by atoms with Gasteiger partial charge in [-0.05, 0) is 50.1 Å². The highest BCUT2D eigenvalue weighted by atomic mass is 16.6. The molecule has 3 rings (SSSR count). The molecule has 0 unspecified atom stereocenters. The number of rotatable bonds is 7. The summed E-state index contributed by atoms with van der Waals surface area (Å²) in [5, 5.41) is 18.1. The largest absolute Gasteiger partial charge is 0.457 e. The predicted molar refractivity (Wildman–Crippen MR) is 109 cm³/mol. The van der Waals surface area contributed by atoms with Crippen LogP contribution in [0.25, 0.3) is 0 Å². The number of benzene rings is 2. The summed E-state index contributed by atoms with van der Waals surface area (Å²) in [5.41, 5.74) is 3.14. The standard InChI is InChI=1S/C21H22N4O4/c1-14-8-15(2)10-19(9-14)29-20-12-17(11-18(13-20)25(27)28)23-21(26)5-7-24-16(3)4-6-22-24/h4,6,8-13H,5,7H2,1-3H3,(H,23,26). The number of nitro benzene ring substituents is 1. The second-order valence-electron chi connectivity index (χ2n) is 6.89. The van der Waals surface area contributed by atoms with E-state index in [4.69, 9.17) is 4.74 Å². The summed E-state index contributed by atoms with van der Waals surface area (Å²) in [5.74, 6) is 0.592. The lowest BCUT2D eigenvalue weighted by Gasteiger charge is -2.11. The van der Waals surface area contributed by atoms with Gasteiger partial charge in [0.15, 0.2) is 0 Å². The minimum absolute atomic E-state index is 0.162. The van der Waals surface area contributed by atoms with E-state index < -0.39 is 4.92 Å². The Bertz CT molecular complexity index is 1040. The van der Waals surface area contributed by atoms with Crippen LogP contribution in [0, 0.1) is 30.9 Å². The summed E-state index contributed by atoms with van der Waals surface area (Å²) in [4.78, 5) is 23.1. The van der Waals surface area contributed by atoms with Crippen LogP contribution in [0.3, 0.4) is 0 Å². The topological polar surface area (TPSA) is 99.3 Å². The molecule has 0 aliphatic carbocycles. The number of carbonyl (C=O) groups excluding carboxylic acids is 1. The lowest BCUT2D eigenvalue weighted by Crippen LogP contribution is -2.15. The molecule has 0 saturated heterocycles. The third-order valence-corrected chi connectivity index (χ3v) is 4.30. The van der Waals surface area contributed by atoms with Crippen LogP contribution in [-0.4, -0.2) is 20.6 Å². The first-order valence-electron chi connectivity index (χ1n) is 9.14. The van der Waals surface area contributed by atoms with Crippen molar-refractivity contribution < 1.29 is 14.5 Å². The third-order valence-electron chi connectivity index (χ3n) is 4.30. The maximum absolute atomic E-state index is 12.3. The smallest absolute Gasteiger partial charge is 0.275 e. The molecule has 0 fully saturated rings. The zero-order chi connectivity index (χ0) is 21.0. The Labute approximate surface area is 168 Å². The van der Waals surface area contributed by atoms with E-state index in [1.54, 1.807) is 16.9 Å². The minimum Gasteiger partial charge on any atom is -0.457 e. The van der Waals surface area contributed by atoms with Gasteiger partial charge in [-0.25, -0.2) is 0 Å². The molecule has 29 heavy (non-hydrogen) atoms. The van der Waals surface area contributed by atoms with Gasteiger partial charge in [-0.2, -0.15) is 5.10 Å². The lowest BCUT2D eigenvalue weighted by atomic mass is 10.1. The van der Waals surface area contributed by atoms with E-state index in [2.05, 4.69) is 10.4 Å². The van der Waals surface area contributed by atoms with Crippen molar-refractivity contribution in [1.29, 1.82) is 0 Å². The molecule has 2 aromatic carbocycles. The van der Waals surface area contributed by atoms with E-state index in [0.29, 0.717) is 18.0 Å². The Morgan fingerprint density at radius 1 is 1.10 bits per heavy atom. The van der Waals surface area contributed by atoms with Gasteiger partial charge in [0, 0.05) is 37.0 Å². The molecule has 1 N–H and O–H groups in total. The maximum Gasteiger partial charge on any atom is 0.275 e. The van der Waals surface area contributed by atoms with Crippen molar-refractivity contribution in [2.24, 2.45) is 0 Å². The number of ether oxygens (including phenoxy) is 1. The van der Waals surface area contributed by atoms with Crippen LogP contribution in [0.2, 0.25) is 0 Å². The zero-order valence-electron chi connectivity index (χ0n) is 16.5. The van der Waals surface area contributed by atoms with Crippen LogP contribution in [0.5, 0.6) is 11.5 Å². The van der Waals surface area contributed by atoms with Crippen molar-refractivity contribution in [1.82, 2.24) is 9.78 Å². The average molecular weight is 394 g/mol. The number of nitrogens with zero attached hydrogens (tertiary/aromatic N) is 3. The zero-order valence-corrected chi connectivity index (χ0v) is 16.5. The fourth-order valence-electron chi connectivity index (χ4n) is 3.01. The Balaban J connectivity index is 1.76. The quantitative estimate of drug-likeness (QED) is 0.468. The van der Waals surface area contributed by atoms with Gasteiger partial charge in [-0.15, -0.1) is 0 Å². The molecule has 0 spiro atoms. The molecule has 1 aromatic heterocycles. The first-order chi connectivity index (χ1) is 13.8. The molecule has 0 atom stereocenters. The molecule has 0 radical (unpaired) electrons. The lowest BCUT2D eigenvalue weighted by molar-refractivity contribution is -0.384. The first-order valence-corrected chi connectivity index (χ1v) is 9.14. The number of non-ortho nitro benzene ring substituents is 1.